The molecule has 140 valence electrons. The molecule has 0 spiro atoms. The summed E-state index contributed by atoms with van der Waals surface area (Å²) in [5, 5.41) is 12.8. The first kappa shape index (κ1) is 17.9. The largest absolute Gasteiger partial charge is 0.356 e. The number of nitrogens with zero attached hydrogens (tertiary/aromatic N) is 5. The summed E-state index contributed by atoms with van der Waals surface area (Å²) in [5.74, 6) is 2.06. The maximum atomic E-state index is 12.8. The van der Waals surface area contributed by atoms with Gasteiger partial charge in [-0.15, -0.1) is 0 Å². The summed E-state index contributed by atoms with van der Waals surface area (Å²) >= 11 is 0. The number of ketones is 1. The van der Waals surface area contributed by atoms with E-state index in [0.717, 1.165) is 29.9 Å². The van der Waals surface area contributed by atoms with Crippen molar-refractivity contribution >= 4 is 11.6 Å². The lowest BCUT2D eigenvalue weighted by molar-refractivity contribution is -0.121. The lowest BCUT2D eigenvalue weighted by Gasteiger charge is -2.17. The quantitative estimate of drug-likeness (QED) is 0.678. The van der Waals surface area contributed by atoms with Crippen LogP contribution in [0, 0.1) is 24.2 Å². The zero-order valence-electron chi connectivity index (χ0n) is 15.5. The van der Waals surface area contributed by atoms with Crippen LogP contribution < -0.4 is 4.90 Å². The number of anilines is 1. The van der Waals surface area contributed by atoms with Crippen molar-refractivity contribution in [3.63, 3.8) is 0 Å². The number of carbonyl (C=O) groups is 1. The molecular weight excluding hydrogens is 354 g/mol. The number of rotatable bonds is 5. The Labute approximate surface area is 162 Å². The molecule has 1 aliphatic heterocycles. The van der Waals surface area contributed by atoms with Gasteiger partial charge in [-0.05, 0) is 30.2 Å². The van der Waals surface area contributed by atoms with Crippen LogP contribution in [0.25, 0.3) is 11.4 Å². The summed E-state index contributed by atoms with van der Waals surface area (Å²) < 4.78 is 5.03. The number of pyridine rings is 1. The van der Waals surface area contributed by atoms with Crippen LogP contribution in [0.5, 0.6) is 0 Å². The van der Waals surface area contributed by atoms with E-state index in [-0.39, 0.29) is 11.7 Å². The van der Waals surface area contributed by atoms with Gasteiger partial charge in [0, 0.05) is 44.1 Å². The van der Waals surface area contributed by atoms with E-state index in [0.29, 0.717) is 30.2 Å². The third-order valence-corrected chi connectivity index (χ3v) is 4.94. The lowest BCUT2D eigenvalue weighted by atomic mass is 9.96. The van der Waals surface area contributed by atoms with Crippen LogP contribution in [-0.2, 0) is 11.2 Å². The molecule has 7 heteroatoms. The second kappa shape index (κ2) is 7.61. The van der Waals surface area contributed by atoms with Crippen molar-refractivity contribution in [3.8, 4) is 17.5 Å². The van der Waals surface area contributed by atoms with Crippen molar-refractivity contribution in [1.29, 1.82) is 5.26 Å². The van der Waals surface area contributed by atoms with Gasteiger partial charge in [0.25, 0.3) is 0 Å². The standard InChI is InChI=1S/C21H19N5O2/c1-14-24-21(25-28-14)17-4-2-3-15(9-17)10-19(27)18-7-8-26(13-18)20-6-5-16(11-22)12-23-20/h2-6,9,12,18H,7-8,10,13H2,1H3. The predicted molar refractivity (Wildman–Crippen MR) is 102 cm³/mol. The number of hydrogen-bond acceptors (Lipinski definition) is 7. The maximum absolute atomic E-state index is 12.8. The Morgan fingerprint density at radius 1 is 1.36 bits per heavy atom. The first-order valence-corrected chi connectivity index (χ1v) is 9.16. The molecule has 1 atom stereocenters. The van der Waals surface area contributed by atoms with Gasteiger partial charge >= 0.3 is 0 Å². The van der Waals surface area contributed by atoms with Crippen molar-refractivity contribution in [2.75, 3.05) is 18.0 Å². The molecule has 1 fully saturated rings. The first-order chi connectivity index (χ1) is 13.6. The van der Waals surface area contributed by atoms with Gasteiger partial charge in [0.2, 0.25) is 11.7 Å². The molecular formula is C21H19N5O2. The van der Waals surface area contributed by atoms with Crippen LogP contribution in [-0.4, -0.2) is 34.0 Å². The molecule has 1 aromatic carbocycles. The van der Waals surface area contributed by atoms with E-state index in [4.69, 9.17) is 9.78 Å². The van der Waals surface area contributed by atoms with Gasteiger partial charge in [0.1, 0.15) is 17.7 Å². The zero-order valence-corrected chi connectivity index (χ0v) is 15.5. The summed E-state index contributed by atoms with van der Waals surface area (Å²) in [6, 6.07) is 13.4. The number of aromatic nitrogens is 3. The molecule has 2 aromatic heterocycles. The molecule has 0 saturated carbocycles. The van der Waals surface area contributed by atoms with E-state index in [2.05, 4.69) is 26.1 Å². The van der Waals surface area contributed by atoms with E-state index in [1.54, 1.807) is 19.2 Å². The Morgan fingerprint density at radius 3 is 2.96 bits per heavy atom. The fourth-order valence-corrected chi connectivity index (χ4v) is 3.45. The highest BCUT2D eigenvalue weighted by Gasteiger charge is 2.28. The van der Waals surface area contributed by atoms with Gasteiger partial charge in [0.05, 0.1) is 5.56 Å². The van der Waals surface area contributed by atoms with Crippen LogP contribution in [0.15, 0.2) is 47.1 Å². The third kappa shape index (κ3) is 3.76. The van der Waals surface area contributed by atoms with Crippen LogP contribution in [0.3, 0.4) is 0 Å². The molecule has 0 bridgehead atoms. The van der Waals surface area contributed by atoms with Gasteiger partial charge < -0.3 is 9.42 Å². The molecule has 1 unspecified atom stereocenters. The normalized spacial score (nSPS) is 16.1. The average molecular weight is 373 g/mol. The van der Waals surface area contributed by atoms with Crippen LogP contribution in [0.2, 0.25) is 0 Å². The Kier molecular flexibility index (Phi) is 4.85. The Balaban J connectivity index is 1.41. The number of nitriles is 1. The minimum Gasteiger partial charge on any atom is -0.356 e. The fourth-order valence-electron chi connectivity index (χ4n) is 3.45. The van der Waals surface area contributed by atoms with Crippen molar-refractivity contribution in [2.45, 2.75) is 19.8 Å². The number of Topliss-reactive ketones (excluding diaryl/α,β-unsaturated/α-hetero) is 1. The number of aryl methyl sites for hydroxylation is 1. The third-order valence-electron chi connectivity index (χ3n) is 4.94. The van der Waals surface area contributed by atoms with Gasteiger partial charge in [0.15, 0.2) is 0 Å². The topological polar surface area (TPSA) is 95.9 Å². The molecule has 0 N–H and O–H groups in total. The Bertz CT molecular complexity index is 1040. The number of hydrogen-bond donors (Lipinski definition) is 0. The van der Waals surface area contributed by atoms with Crippen molar-refractivity contribution in [2.24, 2.45) is 5.92 Å². The van der Waals surface area contributed by atoms with E-state index in [1.165, 1.54) is 0 Å². The van der Waals surface area contributed by atoms with Gasteiger partial charge in [-0.25, -0.2) is 4.98 Å². The highest BCUT2D eigenvalue weighted by molar-refractivity contribution is 5.84. The maximum Gasteiger partial charge on any atom is 0.223 e. The van der Waals surface area contributed by atoms with E-state index in [1.807, 2.05) is 30.3 Å². The molecule has 1 aliphatic rings. The summed E-state index contributed by atoms with van der Waals surface area (Å²) in [4.78, 5) is 23.5. The van der Waals surface area contributed by atoms with E-state index < -0.39 is 0 Å². The zero-order chi connectivity index (χ0) is 19.5. The van der Waals surface area contributed by atoms with Gasteiger partial charge in [-0.3, -0.25) is 4.79 Å². The summed E-state index contributed by atoms with van der Waals surface area (Å²) in [7, 11) is 0. The summed E-state index contributed by atoms with van der Waals surface area (Å²) in [6.45, 7) is 3.19. The highest BCUT2D eigenvalue weighted by Crippen LogP contribution is 2.25. The number of benzene rings is 1. The SMILES string of the molecule is Cc1nc(-c2cccc(CC(=O)C3CCN(c4ccc(C#N)cn4)C3)c2)no1. The molecule has 4 rings (SSSR count). The molecule has 1 saturated heterocycles. The molecule has 0 amide bonds. The van der Waals surface area contributed by atoms with Crippen molar-refractivity contribution in [3.05, 3.63) is 59.6 Å². The Hall–Kier alpha value is -3.53. The lowest BCUT2D eigenvalue weighted by Crippen LogP contribution is -2.24. The van der Waals surface area contributed by atoms with Gasteiger partial charge in [-0.1, -0.05) is 23.4 Å². The minimum absolute atomic E-state index is 0.0199. The molecule has 3 aromatic rings. The molecule has 7 nitrogen and oxygen atoms in total. The van der Waals surface area contributed by atoms with Crippen molar-refractivity contribution < 1.29 is 9.32 Å². The van der Waals surface area contributed by atoms with Crippen LogP contribution in [0.1, 0.15) is 23.4 Å². The molecule has 3 heterocycles. The predicted octanol–water partition coefficient (Wildman–Crippen LogP) is 2.95. The summed E-state index contributed by atoms with van der Waals surface area (Å²) in [5.41, 5.74) is 2.32. The van der Waals surface area contributed by atoms with E-state index >= 15 is 0 Å². The monoisotopic (exact) mass is 373 g/mol. The van der Waals surface area contributed by atoms with Crippen molar-refractivity contribution in [1.82, 2.24) is 15.1 Å². The molecule has 0 radical (unpaired) electrons. The average Bonchev–Trinajstić information content (AvgIpc) is 3.38. The van der Waals surface area contributed by atoms with Crippen LogP contribution >= 0.6 is 0 Å². The second-order valence-electron chi connectivity index (χ2n) is 6.93. The number of carbonyl (C=O) groups excluding carboxylic acids is 1. The smallest absolute Gasteiger partial charge is 0.223 e. The molecule has 0 aliphatic carbocycles. The van der Waals surface area contributed by atoms with Gasteiger partial charge in [-0.2, -0.15) is 10.2 Å². The van der Waals surface area contributed by atoms with Crippen LogP contribution in [0.4, 0.5) is 5.82 Å². The fraction of sp³-hybridized carbons (Fsp3) is 0.286. The highest BCUT2D eigenvalue weighted by atomic mass is 16.5. The summed E-state index contributed by atoms with van der Waals surface area (Å²) in [6.07, 6.45) is 2.75. The first-order valence-electron chi connectivity index (χ1n) is 9.16. The second-order valence-corrected chi connectivity index (χ2v) is 6.93. The minimum atomic E-state index is -0.0199. The Morgan fingerprint density at radius 2 is 2.25 bits per heavy atom. The van der Waals surface area contributed by atoms with E-state index in [9.17, 15) is 4.79 Å². The molecule has 28 heavy (non-hydrogen) atoms.